The number of hydrogen-bond acceptors (Lipinski definition) is 7. The molecular formula is C22H26N2O7. The van der Waals surface area contributed by atoms with Gasteiger partial charge in [0, 0.05) is 11.8 Å². The Balaban J connectivity index is 2.14. The summed E-state index contributed by atoms with van der Waals surface area (Å²) in [5.74, 6) is -0.965. The molecule has 0 heterocycles. The van der Waals surface area contributed by atoms with E-state index in [1.165, 1.54) is 21.1 Å². The lowest BCUT2D eigenvalue weighted by atomic mass is 9.99. The Kier molecular flexibility index (Phi) is 7.95. The molecule has 2 aromatic rings. The molecule has 0 spiro atoms. The lowest BCUT2D eigenvalue weighted by Crippen LogP contribution is -2.30. The van der Waals surface area contributed by atoms with Gasteiger partial charge in [-0.2, -0.15) is 0 Å². The van der Waals surface area contributed by atoms with Crippen molar-refractivity contribution in [3.8, 4) is 11.5 Å². The Hall–Kier alpha value is -3.62. The second-order valence-electron chi connectivity index (χ2n) is 6.95. The van der Waals surface area contributed by atoms with Gasteiger partial charge in [0.2, 0.25) is 0 Å². The molecule has 0 fully saturated rings. The van der Waals surface area contributed by atoms with E-state index in [1.54, 1.807) is 12.1 Å². The molecule has 0 aliphatic rings. The van der Waals surface area contributed by atoms with Crippen LogP contribution in [0.4, 0.5) is 11.4 Å². The van der Waals surface area contributed by atoms with Gasteiger partial charge in [-0.05, 0) is 37.0 Å². The summed E-state index contributed by atoms with van der Waals surface area (Å²) in [6.07, 6.45) is -0.185. The van der Waals surface area contributed by atoms with Gasteiger partial charge >= 0.3 is 5.97 Å². The number of esters is 1. The van der Waals surface area contributed by atoms with Crippen LogP contribution in [0.1, 0.15) is 49.0 Å². The normalized spacial score (nSPS) is 12.4. The number of nitrogens with zero attached hydrogens (tertiary/aromatic N) is 1. The predicted molar refractivity (Wildman–Crippen MR) is 115 cm³/mol. The smallest absolute Gasteiger partial charge is 0.346 e. The Labute approximate surface area is 180 Å². The highest BCUT2D eigenvalue weighted by Crippen LogP contribution is 2.35. The van der Waals surface area contributed by atoms with E-state index in [0.29, 0.717) is 11.6 Å². The Morgan fingerprint density at radius 3 is 2.16 bits per heavy atom. The van der Waals surface area contributed by atoms with E-state index in [9.17, 15) is 19.7 Å². The van der Waals surface area contributed by atoms with Crippen LogP contribution in [0.3, 0.4) is 0 Å². The van der Waals surface area contributed by atoms with Crippen molar-refractivity contribution in [2.75, 3.05) is 19.5 Å². The number of ether oxygens (including phenoxy) is 3. The lowest BCUT2D eigenvalue weighted by Gasteiger charge is -2.15. The van der Waals surface area contributed by atoms with Gasteiger partial charge in [-0.25, -0.2) is 4.79 Å². The van der Waals surface area contributed by atoms with Crippen LogP contribution in [0.15, 0.2) is 36.4 Å². The number of rotatable bonds is 9. The van der Waals surface area contributed by atoms with Gasteiger partial charge in [-0.15, -0.1) is 0 Å². The molecule has 0 radical (unpaired) electrons. The Morgan fingerprint density at radius 1 is 1.06 bits per heavy atom. The number of carbonyl (C=O) groups is 2. The van der Waals surface area contributed by atoms with Crippen LogP contribution in [0.5, 0.6) is 11.5 Å². The maximum absolute atomic E-state index is 12.6. The molecule has 2 aromatic carbocycles. The number of carbonyl (C=O) groups excluding carboxylic acids is 2. The summed E-state index contributed by atoms with van der Waals surface area (Å²) in [5, 5.41) is 14.0. The highest BCUT2D eigenvalue weighted by molar-refractivity contribution is 5.99. The van der Waals surface area contributed by atoms with Gasteiger partial charge in [0.15, 0.2) is 17.6 Å². The third kappa shape index (κ3) is 5.71. The Morgan fingerprint density at radius 2 is 1.65 bits per heavy atom. The Bertz CT molecular complexity index is 957. The SMILES string of the molecule is CC[C@H](C)c1ccc(NC(=O)[C@H](C)OC(=O)c2cc(OC)c(OC)cc2[N+](=O)[O-])cc1. The van der Waals surface area contributed by atoms with Crippen LogP contribution in [-0.2, 0) is 9.53 Å². The van der Waals surface area contributed by atoms with E-state index >= 15 is 0 Å². The first-order chi connectivity index (χ1) is 14.7. The van der Waals surface area contributed by atoms with Gasteiger partial charge in [0.05, 0.1) is 25.2 Å². The number of benzene rings is 2. The summed E-state index contributed by atoms with van der Waals surface area (Å²) in [5.41, 5.74) is 0.842. The van der Waals surface area contributed by atoms with Crippen LogP contribution in [0.2, 0.25) is 0 Å². The molecule has 2 atom stereocenters. The second kappa shape index (κ2) is 10.4. The quantitative estimate of drug-likeness (QED) is 0.358. The van der Waals surface area contributed by atoms with E-state index in [2.05, 4.69) is 19.2 Å². The summed E-state index contributed by atoms with van der Waals surface area (Å²) >= 11 is 0. The maximum Gasteiger partial charge on any atom is 0.346 e. The van der Waals surface area contributed by atoms with Crippen molar-refractivity contribution in [2.24, 2.45) is 0 Å². The molecule has 0 bridgehead atoms. The first kappa shape index (κ1) is 23.7. The second-order valence-corrected chi connectivity index (χ2v) is 6.95. The number of nitrogens with one attached hydrogen (secondary N) is 1. The number of methoxy groups -OCH3 is 2. The van der Waals surface area contributed by atoms with Crippen molar-refractivity contribution < 1.29 is 28.7 Å². The minimum absolute atomic E-state index is 0.0948. The predicted octanol–water partition coefficient (Wildman–Crippen LogP) is 4.31. The lowest BCUT2D eigenvalue weighted by molar-refractivity contribution is -0.385. The third-order valence-corrected chi connectivity index (χ3v) is 4.93. The van der Waals surface area contributed by atoms with Gasteiger partial charge in [0.1, 0.15) is 5.56 Å². The van der Waals surface area contributed by atoms with Crippen LogP contribution in [0.25, 0.3) is 0 Å². The summed E-state index contributed by atoms with van der Waals surface area (Å²) in [6, 6.07) is 9.61. The summed E-state index contributed by atoms with van der Waals surface area (Å²) in [4.78, 5) is 35.6. The van der Waals surface area contributed by atoms with Crippen molar-refractivity contribution >= 4 is 23.3 Å². The highest BCUT2D eigenvalue weighted by Gasteiger charge is 2.28. The average molecular weight is 430 g/mol. The number of anilines is 1. The molecule has 0 aliphatic carbocycles. The fourth-order valence-electron chi connectivity index (χ4n) is 2.83. The van der Waals surface area contributed by atoms with E-state index in [-0.39, 0.29) is 17.1 Å². The molecule has 0 aromatic heterocycles. The summed E-state index contributed by atoms with van der Waals surface area (Å²) < 4.78 is 15.3. The first-order valence-electron chi connectivity index (χ1n) is 9.74. The van der Waals surface area contributed by atoms with Crippen LogP contribution >= 0.6 is 0 Å². The van der Waals surface area contributed by atoms with Crippen LogP contribution in [-0.4, -0.2) is 37.1 Å². The fraction of sp³-hybridized carbons (Fsp3) is 0.364. The van der Waals surface area contributed by atoms with Crippen molar-refractivity contribution in [2.45, 2.75) is 39.2 Å². The molecule has 31 heavy (non-hydrogen) atoms. The van der Waals surface area contributed by atoms with Gasteiger partial charge in [-0.1, -0.05) is 26.0 Å². The van der Waals surface area contributed by atoms with Gasteiger partial charge in [0.25, 0.3) is 11.6 Å². The number of amides is 1. The van der Waals surface area contributed by atoms with E-state index in [1.807, 2.05) is 12.1 Å². The monoisotopic (exact) mass is 430 g/mol. The zero-order chi connectivity index (χ0) is 23.1. The topological polar surface area (TPSA) is 117 Å². The van der Waals surface area contributed by atoms with E-state index < -0.39 is 28.6 Å². The van der Waals surface area contributed by atoms with Crippen molar-refractivity contribution in [3.63, 3.8) is 0 Å². The van der Waals surface area contributed by atoms with Gasteiger partial charge in [-0.3, -0.25) is 14.9 Å². The minimum Gasteiger partial charge on any atom is -0.493 e. The average Bonchev–Trinajstić information content (AvgIpc) is 2.77. The fourth-order valence-corrected chi connectivity index (χ4v) is 2.83. The summed E-state index contributed by atoms with van der Waals surface area (Å²) in [6.45, 7) is 5.59. The largest absolute Gasteiger partial charge is 0.493 e. The minimum atomic E-state index is -1.19. The maximum atomic E-state index is 12.6. The third-order valence-electron chi connectivity index (χ3n) is 4.93. The van der Waals surface area contributed by atoms with Crippen molar-refractivity contribution in [3.05, 3.63) is 57.6 Å². The zero-order valence-electron chi connectivity index (χ0n) is 18.1. The first-order valence-corrected chi connectivity index (χ1v) is 9.74. The zero-order valence-corrected chi connectivity index (χ0v) is 18.1. The molecule has 2 rings (SSSR count). The van der Waals surface area contributed by atoms with Crippen LogP contribution in [0, 0.1) is 10.1 Å². The molecule has 0 saturated carbocycles. The summed E-state index contributed by atoms with van der Waals surface area (Å²) in [7, 11) is 2.66. The van der Waals surface area contributed by atoms with Crippen molar-refractivity contribution in [1.29, 1.82) is 0 Å². The molecule has 1 N–H and O–H groups in total. The van der Waals surface area contributed by atoms with Crippen molar-refractivity contribution in [1.82, 2.24) is 0 Å². The molecule has 1 amide bonds. The van der Waals surface area contributed by atoms with E-state index in [4.69, 9.17) is 14.2 Å². The number of nitro benzene ring substituents is 1. The molecule has 0 unspecified atom stereocenters. The van der Waals surface area contributed by atoms with E-state index in [0.717, 1.165) is 24.1 Å². The molecule has 0 saturated heterocycles. The number of hydrogen-bond donors (Lipinski definition) is 1. The molecular weight excluding hydrogens is 404 g/mol. The van der Waals surface area contributed by atoms with Gasteiger partial charge < -0.3 is 19.5 Å². The molecule has 0 aliphatic heterocycles. The highest BCUT2D eigenvalue weighted by atomic mass is 16.6. The molecule has 9 heteroatoms. The number of nitro groups is 1. The standard InChI is InChI=1S/C22H26N2O7/c1-6-13(2)15-7-9-16(10-8-15)23-21(25)14(3)31-22(26)17-11-19(29-4)20(30-5)12-18(17)24(27)28/h7-14H,6H2,1-5H3,(H,23,25)/t13-,14-/m0/s1. The molecule has 166 valence electrons. The van der Waals surface area contributed by atoms with Crippen LogP contribution < -0.4 is 14.8 Å². The molecule has 9 nitrogen and oxygen atoms in total.